The van der Waals surface area contributed by atoms with Crippen molar-refractivity contribution in [1.82, 2.24) is 4.98 Å². The third kappa shape index (κ3) is 2.21. The first-order valence-electron chi connectivity index (χ1n) is 4.49. The first-order valence-corrected chi connectivity index (χ1v) is 6.43. The molecule has 0 unspecified atom stereocenters. The van der Waals surface area contributed by atoms with E-state index in [0.29, 0.717) is 0 Å². The van der Waals surface area contributed by atoms with Crippen molar-refractivity contribution in [3.63, 3.8) is 0 Å². The minimum Gasteiger partial charge on any atom is -0.496 e. The number of para-hydroxylation sites is 1. The van der Waals surface area contributed by atoms with Crippen LogP contribution in [0.2, 0.25) is 0 Å². The summed E-state index contributed by atoms with van der Waals surface area (Å²) in [6.45, 7) is 0. The number of methoxy groups -OCH3 is 1. The minimum atomic E-state index is 0.847. The molecular weight excluding hydrogens is 274 g/mol. The molecule has 0 atom stereocenters. The highest BCUT2D eigenvalue weighted by molar-refractivity contribution is 9.08. The number of hydrogen-bond donors (Lipinski definition) is 0. The summed E-state index contributed by atoms with van der Waals surface area (Å²) in [5, 5.41) is 1.85. The summed E-state index contributed by atoms with van der Waals surface area (Å²) in [5.41, 5.74) is 1.05. The maximum Gasteiger partial charge on any atom is 0.129 e. The van der Waals surface area contributed by atoms with Crippen LogP contribution in [0.3, 0.4) is 0 Å². The third-order valence-electron chi connectivity index (χ3n) is 2.02. The van der Waals surface area contributed by atoms with Crippen LogP contribution in [0.4, 0.5) is 0 Å². The van der Waals surface area contributed by atoms with Gasteiger partial charge in [-0.3, -0.25) is 0 Å². The lowest BCUT2D eigenvalue weighted by molar-refractivity contribution is 0.416. The van der Waals surface area contributed by atoms with Crippen molar-refractivity contribution in [2.24, 2.45) is 0 Å². The zero-order valence-corrected chi connectivity index (χ0v) is 10.6. The molecule has 0 spiro atoms. The van der Waals surface area contributed by atoms with Gasteiger partial charge in [0.25, 0.3) is 0 Å². The molecule has 0 aliphatic rings. The van der Waals surface area contributed by atoms with Crippen LogP contribution in [0.1, 0.15) is 4.88 Å². The second-order valence-corrected chi connectivity index (χ2v) is 4.64. The van der Waals surface area contributed by atoms with Gasteiger partial charge >= 0.3 is 0 Å². The van der Waals surface area contributed by atoms with Crippen molar-refractivity contribution < 1.29 is 4.74 Å². The van der Waals surface area contributed by atoms with Gasteiger partial charge in [0.1, 0.15) is 10.8 Å². The molecule has 2 nitrogen and oxygen atoms in total. The highest BCUT2D eigenvalue weighted by Gasteiger charge is 2.08. The SMILES string of the molecule is COc1ccccc1-c1ncc(CBr)s1. The van der Waals surface area contributed by atoms with Crippen molar-refractivity contribution in [3.8, 4) is 16.3 Å². The second-order valence-electron chi connectivity index (χ2n) is 2.97. The van der Waals surface area contributed by atoms with Crippen LogP contribution < -0.4 is 4.74 Å². The number of rotatable bonds is 3. The standard InChI is InChI=1S/C11H10BrNOS/c1-14-10-5-3-2-4-9(10)11-13-7-8(6-12)15-11/h2-5,7H,6H2,1H3. The average Bonchev–Trinajstić information content (AvgIpc) is 2.77. The Balaban J connectivity index is 2.44. The fraction of sp³-hybridized carbons (Fsp3) is 0.182. The lowest BCUT2D eigenvalue weighted by atomic mass is 10.2. The maximum atomic E-state index is 5.30. The first kappa shape index (κ1) is 10.6. The molecule has 78 valence electrons. The molecule has 4 heteroatoms. The number of aromatic nitrogens is 1. The van der Waals surface area contributed by atoms with Crippen molar-refractivity contribution in [3.05, 3.63) is 35.3 Å². The largest absolute Gasteiger partial charge is 0.496 e. The van der Waals surface area contributed by atoms with Crippen LogP contribution in [0, 0.1) is 0 Å². The molecule has 0 N–H and O–H groups in total. The molecule has 0 saturated heterocycles. The summed E-state index contributed by atoms with van der Waals surface area (Å²) >= 11 is 5.10. The Hall–Kier alpha value is -0.870. The molecule has 0 amide bonds. The van der Waals surface area contributed by atoms with Gasteiger partial charge in [-0.05, 0) is 12.1 Å². The van der Waals surface area contributed by atoms with Gasteiger partial charge in [-0.25, -0.2) is 4.98 Å². The van der Waals surface area contributed by atoms with E-state index in [1.807, 2.05) is 30.5 Å². The van der Waals surface area contributed by atoms with Gasteiger partial charge in [0.2, 0.25) is 0 Å². The number of thiazole rings is 1. The van der Waals surface area contributed by atoms with Crippen LogP contribution in [-0.4, -0.2) is 12.1 Å². The van der Waals surface area contributed by atoms with Crippen LogP contribution in [0.15, 0.2) is 30.5 Å². The van der Waals surface area contributed by atoms with Gasteiger partial charge in [0, 0.05) is 16.4 Å². The zero-order valence-electron chi connectivity index (χ0n) is 8.24. The zero-order chi connectivity index (χ0) is 10.7. The quantitative estimate of drug-likeness (QED) is 0.801. The normalized spacial score (nSPS) is 10.3. The lowest BCUT2D eigenvalue weighted by Crippen LogP contribution is -1.85. The molecule has 0 aliphatic heterocycles. The molecule has 1 aromatic carbocycles. The summed E-state index contributed by atoms with van der Waals surface area (Å²) in [7, 11) is 1.68. The Kier molecular flexibility index (Phi) is 3.38. The highest BCUT2D eigenvalue weighted by Crippen LogP contribution is 2.32. The van der Waals surface area contributed by atoms with E-state index in [9.17, 15) is 0 Å². The van der Waals surface area contributed by atoms with E-state index >= 15 is 0 Å². The molecule has 1 heterocycles. The molecule has 0 fully saturated rings. The van der Waals surface area contributed by atoms with Crippen LogP contribution >= 0.6 is 27.3 Å². The van der Waals surface area contributed by atoms with Crippen molar-refractivity contribution in [1.29, 1.82) is 0 Å². The van der Waals surface area contributed by atoms with Crippen molar-refractivity contribution in [2.75, 3.05) is 7.11 Å². The Bertz CT molecular complexity index is 455. The third-order valence-corrected chi connectivity index (χ3v) is 4.03. The summed E-state index contributed by atoms with van der Waals surface area (Å²) in [6, 6.07) is 7.93. The number of nitrogens with zero attached hydrogens (tertiary/aromatic N) is 1. The maximum absolute atomic E-state index is 5.30. The first-order chi connectivity index (χ1) is 7.35. The Morgan fingerprint density at radius 1 is 1.40 bits per heavy atom. The molecule has 2 aromatic rings. The second kappa shape index (κ2) is 4.77. The summed E-state index contributed by atoms with van der Waals surface area (Å²) in [5.74, 6) is 0.868. The van der Waals surface area contributed by atoms with Gasteiger partial charge in [0.15, 0.2) is 0 Å². The molecule has 0 aliphatic carbocycles. The van der Waals surface area contributed by atoms with Gasteiger partial charge in [-0.15, -0.1) is 11.3 Å². The fourth-order valence-corrected chi connectivity index (χ4v) is 2.60. The van der Waals surface area contributed by atoms with Crippen LogP contribution in [0.5, 0.6) is 5.75 Å². The molecule has 0 bridgehead atoms. The van der Waals surface area contributed by atoms with Gasteiger partial charge in [-0.1, -0.05) is 28.1 Å². The fourth-order valence-electron chi connectivity index (χ4n) is 1.32. The number of alkyl halides is 1. The molecular formula is C11H10BrNOS. The van der Waals surface area contributed by atoms with E-state index in [0.717, 1.165) is 21.7 Å². The highest BCUT2D eigenvalue weighted by atomic mass is 79.9. The number of benzene rings is 1. The summed E-state index contributed by atoms with van der Waals surface area (Å²) < 4.78 is 5.30. The lowest BCUT2D eigenvalue weighted by Gasteiger charge is -2.04. The Labute approximate surface area is 101 Å². The van der Waals surface area contributed by atoms with E-state index in [4.69, 9.17) is 4.74 Å². The van der Waals surface area contributed by atoms with E-state index < -0.39 is 0 Å². The van der Waals surface area contributed by atoms with Crippen molar-refractivity contribution in [2.45, 2.75) is 5.33 Å². The Morgan fingerprint density at radius 2 is 2.20 bits per heavy atom. The van der Waals surface area contributed by atoms with E-state index in [-0.39, 0.29) is 0 Å². The molecule has 1 aromatic heterocycles. The minimum absolute atomic E-state index is 0.847. The van der Waals surface area contributed by atoms with Crippen molar-refractivity contribution >= 4 is 27.3 Å². The average molecular weight is 284 g/mol. The smallest absolute Gasteiger partial charge is 0.129 e. The monoisotopic (exact) mass is 283 g/mol. The van der Waals surface area contributed by atoms with E-state index in [2.05, 4.69) is 20.9 Å². The molecule has 2 rings (SSSR count). The van der Waals surface area contributed by atoms with Gasteiger partial charge in [0.05, 0.1) is 12.7 Å². The molecule has 15 heavy (non-hydrogen) atoms. The molecule has 0 radical (unpaired) electrons. The number of halogens is 1. The summed E-state index contributed by atoms with van der Waals surface area (Å²) in [6.07, 6.45) is 1.89. The summed E-state index contributed by atoms with van der Waals surface area (Å²) in [4.78, 5) is 5.59. The topological polar surface area (TPSA) is 22.1 Å². The van der Waals surface area contributed by atoms with Crippen LogP contribution in [0.25, 0.3) is 10.6 Å². The molecule has 0 saturated carbocycles. The predicted octanol–water partition coefficient (Wildman–Crippen LogP) is 3.71. The van der Waals surface area contributed by atoms with Gasteiger partial charge in [-0.2, -0.15) is 0 Å². The Morgan fingerprint density at radius 3 is 2.87 bits per heavy atom. The number of ether oxygens (including phenoxy) is 1. The number of hydrogen-bond acceptors (Lipinski definition) is 3. The predicted molar refractivity (Wildman–Crippen MR) is 66.7 cm³/mol. The van der Waals surface area contributed by atoms with Crippen LogP contribution in [-0.2, 0) is 5.33 Å². The van der Waals surface area contributed by atoms with E-state index in [1.165, 1.54) is 4.88 Å². The van der Waals surface area contributed by atoms with E-state index in [1.54, 1.807) is 18.4 Å². The van der Waals surface area contributed by atoms with Gasteiger partial charge < -0.3 is 4.74 Å².